The number of nitrogens with zero attached hydrogens (tertiary/aromatic N) is 1. The van der Waals surface area contributed by atoms with Crippen molar-refractivity contribution in [2.75, 3.05) is 13.1 Å². The molecular weight excluding hydrogens is 253 g/mol. The van der Waals surface area contributed by atoms with Crippen LogP contribution >= 0.6 is 0 Å². The molecule has 18 heavy (non-hydrogen) atoms. The Kier molecular flexibility index (Phi) is 4.49. The van der Waals surface area contributed by atoms with Crippen LogP contribution in [0.2, 0.25) is 0 Å². The summed E-state index contributed by atoms with van der Waals surface area (Å²) in [5, 5.41) is 0. The summed E-state index contributed by atoms with van der Waals surface area (Å²) in [4.78, 5) is 0.140. The predicted octanol–water partition coefficient (Wildman–Crippen LogP) is 2.09. The van der Waals surface area contributed by atoms with Crippen LogP contribution in [0.4, 0.5) is 4.39 Å². The highest BCUT2D eigenvalue weighted by Gasteiger charge is 2.26. The number of terminal acetylenes is 1. The van der Waals surface area contributed by atoms with Crippen LogP contribution in [0.5, 0.6) is 0 Å². The van der Waals surface area contributed by atoms with Gasteiger partial charge in [-0.1, -0.05) is 12.8 Å². The average molecular weight is 269 g/mol. The van der Waals surface area contributed by atoms with E-state index in [-0.39, 0.29) is 18.0 Å². The molecule has 0 radical (unpaired) electrons. The number of halogens is 1. The fourth-order valence-corrected chi connectivity index (χ4v) is 3.68. The molecule has 0 aromatic heterocycles. The first kappa shape index (κ1) is 14.7. The van der Waals surface area contributed by atoms with Crippen molar-refractivity contribution in [1.82, 2.24) is 4.31 Å². The van der Waals surface area contributed by atoms with Gasteiger partial charge in [-0.15, -0.1) is 6.42 Å². The molecule has 0 aliphatic carbocycles. The van der Waals surface area contributed by atoms with E-state index >= 15 is 0 Å². The Morgan fingerprint density at radius 3 is 2.22 bits per heavy atom. The molecule has 0 spiro atoms. The molecule has 0 atom stereocenters. The summed E-state index contributed by atoms with van der Waals surface area (Å²) < 4.78 is 39.2. The van der Waals surface area contributed by atoms with E-state index in [0.717, 1.165) is 0 Å². The molecule has 1 aromatic rings. The zero-order chi connectivity index (χ0) is 13.9. The van der Waals surface area contributed by atoms with E-state index in [0.29, 0.717) is 11.1 Å². The third-order valence-electron chi connectivity index (χ3n) is 2.64. The molecule has 0 unspecified atom stereocenters. The van der Waals surface area contributed by atoms with Gasteiger partial charge >= 0.3 is 0 Å². The maximum atomic E-state index is 13.2. The molecular formula is C13H16FNO2S. The van der Waals surface area contributed by atoms with Crippen LogP contribution < -0.4 is 0 Å². The number of hydrogen-bond acceptors (Lipinski definition) is 2. The van der Waals surface area contributed by atoms with E-state index in [1.54, 1.807) is 20.8 Å². The number of benzene rings is 1. The summed E-state index contributed by atoms with van der Waals surface area (Å²) in [5.41, 5.74) is 0.783. The Morgan fingerprint density at radius 2 is 1.83 bits per heavy atom. The van der Waals surface area contributed by atoms with Crippen molar-refractivity contribution < 1.29 is 12.8 Å². The first-order valence-electron chi connectivity index (χ1n) is 5.55. The van der Waals surface area contributed by atoms with Gasteiger partial charge in [-0.3, -0.25) is 0 Å². The molecule has 0 heterocycles. The zero-order valence-corrected chi connectivity index (χ0v) is 11.5. The number of sulfonamides is 1. The van der Waals surface area contributed by atoms with Crippen molar-refractivity contribution >= 4 is 10.0 Å². The molecule has 0 aliphatic rings. The molecule has 0 amide bonds. The maximum Gasteiger partial charge on any atom is 0.244 e. The topological polar surface area (TPSA) is 37.4 Å². The molecule has 0 N–H and O–H groups in total. The molecule has 1 rings (SSSR count). The minimum atomic E-state index is -3.67. The van der Waals surface area contributed by atoms with Crippen molar-refractivity contribution in [2.24, 2.45) is 0 Å². The molecule has 98 valence electrons. The lowest BCUT2D eigenvalue weighted by molar-refractivity contribution is 0.463. The Balaban J connectivity index is 3.42. The van der Waals surface area contributed by atoms with Gasteiger partial charge in [0.05, 0.1) is 11.4 Å². The Morgan fingerprint density at radius 1 is 1.33 bits per heavy atom. The Bertz CT molecular complexity index is 564. The lowest BCUT2D eigenvalue weighted by Crippen LogP contribution is -2.32. The standard InChI is InChI=1S/C13H16FNO2S/c1-5-7-15(6-2)18(16,17)13-10(3)8-12(14)9-11(13)4/h1,8-9H,6-7H2,2-4H3. The van der Waals surface area contributed by atoms with Crippen molar-refractivity contribution in [1.29, 1.82) is 0 Å². The Labute approximate surface area is 108 Å². The average Bonchev–Trinajstić information content (AvgIpc) is 2.23. The molecule has 0 fully saturated rings. The van der Waals surface area contributed by atoms with Gasteiger partial charge in [0, 0.05) is 6.54 Å². The first-order chi connectivity index (χ1) is 8.34. The van der Waals surface area contributed by atoms with E-state index in [2.05, 4.69) is 5.92 Å². The van der Waals surface area contributed by atoms with Gasteiger partial charge in [0.25, 0.3) is 0 Å². The predicted molar refractivity (Wildman–Crippen MR) is 69.1 cm³/mol. The Hall–Kier alpha value is -1.38. The van der Waals surface area contributed by atoms with Crippen molar-refractivity contribution in [3.05, 3.63) is 29.1 Å². The highest BCUT2D eigenvalue weighted by Crippen LogP contribution is 2.24. The molecule has 5 heteroatoms. The van der Waals surface area contributed by atoms with E-state index in [1.165, 1.54) is 16.4 Å². The smallest absolute Gasteiger partial charge is 0.207 e. The minimum Gasteiger partial charge on any atom is -0.207 e. The summed E-state index contributed by atoms with van der Waals surface area (Å²) in [5.74, 6) is 1.88. The van der Waals surface area contributed by atoms with Crippen molar-refractivity contribution in [3.8, 4) is 12.3 Å². The van der Waals surface area contributed by atoms with Crippen LogP contribution in [0, 0.1) is 32.0 Å². The van der Waals surface area contributed by atoms with Crippen molar-refractivity contribution in [3.63, 3.8) is 0 Å². The van der Waals surface area contributed by atoms with Crippen LogP contribution in [0.3, 0.4) is 0 Å². The van der Waals surface area contributed by atoms with E-state index in [1.807, 2.05) is 0 Å². The third kappa shape index (κ3) is 2.71. The van der Waals surface area contributed by atoms with Crippen LogP contribution in [-0.2, 0) is 10.0 Å². The summed E-state index contributed by atoms with van der Waals surface area (Å²) in [6.07, 6.45) is 5.16. The summed E-state index contributed by atoms with van der Waals surface area (Å²) in [6.45, 7) is 5.15. The molecule has 1 aromatic carbocycles. The zero-order valence-electron chi connectivity index (χ0n) is 10.7. The van der Waals surface area contributed by atoms with Crippen LogP contribution in [0.25, 0.3) is 0 Å². The van der Waals surface area contributed by atoms with Crippen molar-refractivity contribution in [2.45, 2.75) is 25.7 Å². The second kappa shape index (κ2) is 5.51. The number of hydrogen-bond donors (Lipinski definition) is 0. The van der Waals surface area contributed by atoms with Gasteiger partial charge in [0.15, 0.2) is 0 Å². The molecule has 3 nitrogen and oxygen atoms in total. The van der Waals surface area contributed by atoms with Gasteiger partial charge in [-0.25, -0.2) is 12.8 Å². The van der Waals surface area contributed by atoms with Gasteiger partial charge in [0.2, 0.25) is 10.0 Å². The molecule has 0 saturated heterocycles. The number of aryl methyl sites for hydroxylation is 2. The number of rotatable bonds is 4. The second-order valence-corrected chi connectivity index (χ2v) is 5.88. The quantitative estimate of drug-likeness (QED) is 0.785. The third-order valence-corrected chi connectivity index (χ3v) is 4.87. The maximum absolute atomic E-state index is 13.2. The van der Waals surface area contributed by atoms with Crippen LogP contribution in [-0.4, -0.2) is 25.8 Å². The largest absolute Gasteiger partial charge is 0.244 e. The summed E-state index contributed by atoms with van der Waals surface area (Å²) in [7, 11) is -3.67. The fourth-order valence-electron chi connectivity index (χ4n) is 1.90. The first-order valence-corrected chi connectivity index (χ1v) is 6.99. The highest BCUT2D eigenvalue weighted by atomic mass is 32.2. The SMILES string of the molecule is C#CCN(CC)S(=O)(=O)c1c(C)cc(F)cc1C. The highest BCUT2D eigenvalue weighted by molar-refractivity contribution is 7.89. The normalized spacial score (nSPS) is 11.6. The summed E-state index contributed by atoms with van der Waals surface area (Å²) in [6, 6.07) is 2.42. The summed E-state index contributed by atoms with van der Waals surface area (Å²) >= 11 is 0. The van der Waals surface area contributed by atoms with Crippen LogP contribution in [0.15, 0.2) is 17.0 Å². The van der Waals surface area contributed by atoms with E-state index < -0.39 is 15.8 Å². The lowest BCUT2D eigenvalue weighted by Gasteiger charge is -2.20. The molecule has 0 bridgehead atoms. The molecule has 0 aliphatic heterocycles. The van der Waals surface area contributed by atoms with Gasteiger partial charge in [0.1, 0.15) is 5.82 Å². The fraction of sp³-hybridized carbons (Fsp3) is 0.385. The monoisotopic (exact) mass is 269 g/mol. The second-order valence-electron chi connectivity index (χ2n) is 4.00. The van der Waals surface area contributed by atoms with Gasteiger partial charge in [-0.2, -0.15) is 4.31 Å². The van der Waals surface area contributed by atoms with Gasteiger partial charge in [-0.05, 0) is 37.1 Å². The van der Waals surface area contributed by atoms with Crippen LogP contribution in [0.1, 0.15) is 18.1 Å². The minimum absolute atomic E-state index is 0.00902. The van der Waals surface area contributed by atoms with Gasteiger partial charge < -0.3 is 0 Å². The lowest BCUT2D eigenvalue weighted by atomic mass is 10.1. The molecule has 0 saturated carbocycles. The van der Waals surface area contributed by atoms with E-state index in [4.69, 9.17) is 6.42 Å². The van der Waals surface area contributed by atoms with E-state index in [9.17, 15) is 12.8 Å².